The van der Waals surface area contributed by atoms with Crippen molar-refractivity contribution in [3.05, 3.63) is 54.9 Å². The van der Waals surface area contributed by atoms with Gasteiger partial charge in [0.15, 0.2) is 16.7 Å². The van der Waals surface area contributed by atoms with E-state index in [0.717, 1.165) is 11.4 Å². The third kappa shape index (κ3) is 4.49. The molecule has 154 valence electrons. The summed E-state index contributed by atoms with van der Waals surface area (Å²) in [6, 6.07) is 11.8. The minimum Gasteiger partial charge on any atom is -0.497 e. The van der Waals surface area contributed by atoms with Crippen LogP contribution in [-0.2, 0) is 4.79 Å². The number of rotatable bonds is 6. The summed E-state index contributed by atoms with van der Waals surface area (Å²) in [6.07, 6.45) is 3.44. The van der Waals surface area contributed by atoms with Crippen molar-refractivity contribution in [2.45, 2.75) is 5.16 Å². The van der Waals surface area contributed by atoms with E-state index >= 15 is 0 Å². The maximum atomic E-state index is 12.2. The first-order valence-electron chi connectivity index (χ1n) is 8.93. The van der Waals surface area contributed by atoms with Gasteiger partial charge in [-0.1, -0.05) is 17.8 Å². The molecule has 1 aromatic heterocycles. The molecule has 0 bridgehead atoms. The molecule has 1 aliphatic heterocycles. The van der Waals surface area contributed by atoms with Crippen LogP contribution in [0.15, 0.2) is 60.0 Å². The quantitative estimate of drug-likeness (QED) is 0.584. The van der Waals surface area contributed by atoms with E-state index in [1.165, 1.54) is 11.8 Å². The lowest BCUT2D eigenvalue weighted by Crippen LogP contribution is -2.35. The number of carbonyl (C=O) groups excluding carboxylic acids is 2. The Kier molecular flexibility index (Phi) is 5.75. The lowest BCUT2D eigenvalue weighted by molar-refractivity contribution is -0.117. The van der Waals surface area contributed by atoms with E-state index in [4.69, 9.17) is 14.2 Å². The molecule has 0 unspecified atom stereocenters. The summed E-state index contributed by atoms with van der Waals surface area (Å²) >= 11 is 1.22. The van der Waals surface area contributed by atoms with Crippen LogP contribution in [0.4, 0.5) is 10.5 Å². The van der Waals surface area contributed by atoms with Gasteiger partial charge in [0.25, 0.3) is 0 Å². The summed E-state index contributed by atoms with van der Waals surface area (Å²) in [6.45, 7) is 0.145. The van der Waals surface area contributed by atoms with Gasteiger partial charge in [-0.3, -0.25) is 14.7 Å². The molecule has 1 aliphatic rings. The summed E-state index contributed by atoms with van der Waals surface area (Å²) in [7, 11) is 1.60. The summed E-state index contributed by atoms with van der Waals surface area (Å²) in [5, 5.41) is 5.51. The van der Waals surface area contributed by atoms with Crippen molar-refractivity contribution in [1.29, 1.82) is 0 Å². The number of amides is 3. The number of aromatic nitrogens is 2. The molecule has 2 heterocycles. The maximum Gasteiger partial charge on any atom is 0.325 e. The minimum absolute atomic E-state index is 0.0234. The van der Waals surface area contributed by atoms with Crippen LogP contribution in [0.3, 0.4) is 0 Å². The smallest absolute Gasteiger partial charge is 0.325 e. The van der Waals surface area contributed by atoms with Crippen molar-refractivity contribution < 1.29 is 23.8 Å². The van der Waals surface area contributed by atoms with Crippen LogP contribution in [0.25, 0.3) is 5.69 Å². The van der Waals surface area contributed by atoms with Gasteiger partial charge in [0.05, 0.1) is 18.6 Å². The topological polar surface area (TPSA) is 104 Å². The number of benzene rings is 2. The standard InChI is InChI=1S/C20H18N4O5S/c1-27-15-4-2-3-14(10-15)24-8-7-21-20(24)30-11-18(25)23-19(26)22-13-5-6-16-17(9-13)29-12-28-16/h2-10H,11-12H2,1H3,(H2,22,23,25,26). The highest BCUT2D eigenvalue weighted by molar-refractivity contribution is 7.99. The molecule has 3 amide bonds. The number of imide groups is 1. The molecular formula is C20H18N4O5S. The molecule has 10 heteroatoms. The second kappa shape index (κ2) is 8.78. The second-order valence-corrected chi connectivity index (χ2v) is 7.08. The summed E-state index contributed by atoms with van der Waals surface area (Å²) in [4.78, 5) is 28.5. The molecule has 30 heavy (non-hydrogen) atoms. The highest BCUT2D eigenvalue weighted by Gasteiger charge is 2.16. The number of nitrogens with one attached hydrogen (secondary N) is 2. The summed E-state index contributed by atoms with van der Waals surface area (Å²) < 4.78 is 17.6. The number of ether oxygens (including phenoxy) is 3. The predicted molar refractivity (Wildman–Crippen MR) is 111 cm³/mol. The van der Waals surface area contributed by atoms with E-state index in [2.05, 4.69) is 15.6 Å². The lowest BCUT2D eigenvalue weighted by atomic mass is 10.3. The van der Waals surface area contributed by atoms with Crippen LogP contribution < -0.4 is 24.8 Å². The maximum absolute atomic E-state index is 12.2. The van der Waals surface area contributed by atoms with Gasteiger partial charge < -0.3 is 19.5 Å². The van der Waals surface area contributed by atoms with Gasteiger partial charge >= 0.3 is 6.03 Å². The molecule has 0 aliphatic carbocycles. The van der Waals surface area contributed by atoms with Gasteiger partial charge in [-0.2, -0.15) is 0 Å². The monoisotopic (exact) mass is 426 g/mol. The average molecular weight is 426 g/mol. The van der Waals surface area contributed by atoms with E-state index in [1.54, 1.807) is 37.7 Å². The Balaban J connectivity index is 1.32. The van der Waals surface area contributed by atoms with Gasteiger partial charge in [-0.25, -0.2) is 9.78 Å². The van der Waals surface area contributed by atoms with Gasteiger partial charge in [-0.05, 0) is 24.3 Å². The van der Waals surface area contributed by atoms with Gasteiger partial charge in [0.1, 0.15) is 5.75 Å². The molecule has 0 atom stereocenters. The van der Waals surface area contributed by atoms with Crippen molar-refractivity contribution in [2.75, 3.05) is 25.0 Å². The Morgan fingerprint density at radius 3 is 2.93 bits per heavy atom. The number of carbonyl (C=O) groups is 2. The summed E-state index contributed by atoms with van der Waals surface area (Å²) in [5.41, 5.74) is 1.35. The number of imidazole rings is 1. The Morgan fingerprint density at radius 2 is 2.07 bits per heavy atom. The Morgan fingerprint density at radius 1 is 1.20 bits per heavy atom. The molecule has 4 rings (SSSR count). The van der Waals surface area contributed by atoms with Gasteiger partial charge in [0.2, 0.25) is 12.7 Å². The van der Waals surface area contributed by atoms with E-state index in [9.17, 15) is 9.59 Å². The number of nitrogens with zero attached hydrogens (tertiary/aromatic N) is 2. The fraction of sp³-hybridized carbons (Fsp3) is 0.150. The molecule has 9 nitrogen and oxygen atoms in total. The lowest BCUT2D eigenvalue weighted by Gasteiger charge is -2.09. The third-order valence-electron chi connectivity index (χ3n) is 4.15. The number of hydrogen-bond donors (Lipinski definition) is 2. The number of urea groups is 1. The van der Waals surface area contributed by atoms with Crippen LogP contribution in [-0.4, -0.2) is 41.1 Å². The van der Waals surface area contributed by atoms with Crippen molar-refractivity contribution in [1.82, 2.24) is 14.9 Å². The highest BCUT2D eigenvalue weighted by atomic mass is 32.2. The van der Waals surface area contributed by atoms with E-state index < -0.39 is 11.9 Å². The van der Waals surface area contributed by atoms with Crippen LogP contribution >= 0.6 is 11.8 Å². The van der Waals surface area contributed by atoms with E-state index in [1.807, 2.05) is 28.8 Å². The number of anilines is 1. The first-order chi connectivity index (χ1) is 14.6. The van der Waals surface area contributed by atoms with E-state index in [-0.39, 0.29) is 12.5 Å². The zero-order valence-electron chi connectivity index (χ0n) is 16.0. The summed E-state index contributed by atoms with van der Waals surface area (Å²) in [5.74, 6) is 1.45. The van der Waals surface area contributed by atoms with Crippen LogP contribution in [0.2, 0.25) is 0 Å². The SMILES string of the molecule is COc1cccc(-n2ccnc2SCC(=O)NC(=O)Nc2ccc3c(c2)OCO3)c1. The molecule has 3 aromatic rings. The zero-order chi connectivity index (χ0) is 20.9. The third-order valence-corrected chi connectivity index (χ3v) is 5.12. The molecular weight excluding hydrogens is 408 g/mol. The average Bonchev–Trinajstić information content (AvgIpc) is 3.41. The van der Waals surface area contributed by atoms with Gasteiger partial charge in [-0.15, -0.1) is 0 Å². The number of methoxy groups -OCH3 is 1. The fourth-order valence-electron chi connectivity index (χ4n) is 2.78. The highest BCUT2D eigenvalue weighted by Crippen LogP contribution is 2.34. The minimum atomic E-state index is -0.629. The molecule has 2 N–H and O–H groups in total. The van der Waals surface area contributed by atoms with Gasteiger partial charge in [0, 0.05) is 30.2 Å². The first-order valence-corrected chi connectivity index (χ1v) is 9.92. The molecule has 0 fully saturated rings. The second-order valence-electron chi connectivity index (χ2n) is 6.14. The Bertz CT molecular complexity index is 1080. The first kappa shape index (κ1) is 19.6. The van der Waals surface area contributed by atoms with Crippen LogP contribution in [0.5, 0.6) is 17.2 Å². The van der Waals surface area contributed by atoms with Crippen molar-refractivity contribution >= 4 is 29.4 Å². The number of thioether (sulfide) groups is 1. The molecule has 0 saturated heterocycles. The molecule has 2 aromatic carbocycles. The van der Waals surface area contributed by atoms with Crippen LogP contribution in [0, 0.1) is 0 Å². The van der Waals surface area contributed by atoms with Crippen molar-refractivity contribution in [2.24, 2.45) is 0 Å². The fourth-order valence-corrected chi connectivity index (χ4v) is 3.56. The Labute approximate surface area is 176 Å². The van der Waals surface area contributed by atoms with Crippen LogP contribution in [0.1, 0.15) is 0 Å². The molecule has 0 radical (unpaired) electrons. The number of hydrogen-bond acceptors (Lipinski definition) is 7. The zero-order valence-corrected chi connectivity index (χ0v) is 16.8. The normalized spacial score (nSPS) is 11.8. The Hall–Kier alpha value is -3.66. The molecule has 0 saturated carbocycles. The number of fused-ring (bicyclic) bond motifs is 1. The largest absolute Gasteiger partial charge is 0.497 e. The van der Waals surface area contributed by atoms with Crippen molar-refractivity contribution in [3.8, 4) is 22.9 Å². The van der Waals surface area contributed by atoms with Crippen molar-refractivity contribution in [3.63, 3.8) is 0 Å². The predicted octanol–water partition coefficient (Wildman–Crippen LogP) is 3.05. The van der Waals surface area contributed by atoms with E-state index in [0.29, 0.717) is 22.3 Å². The molecule has 0 spiro atoms.